The summed E-state index contributed by atoms with van der Waals surface area (Å²) in [4.78, 5) is 27.3. The average molecular weight is 456 g/mol. The molecule has 0 aromatic carbocycles. The van der Waals surface area contributed by atoms with Crippen LogP contribution in [0.5, 0.6) is 0 Å². The normalized spacial score (nSPS) is 20.7. The number of aliphatic hydroxyl groups is 1. The molecule has 2 aliphatic rings. The van der Waals surface area contributed by atoms with E-state index in [-0.39, 0.29) is 36.3 Å². The van der Waals surface area contributed by atoms with E-state index in [1.165, 1.54) is 11.1 Å². The van der Waals surface area contributed by atoms with Crippen molar-refractivity contribution in [2.75, 3.05) is 31.1 Å². The summed E-state index contributed by atoms with van der Waals surface area (Å²) in [5.74, 6) is -0.134. The minimum Gasteiger partial charge on any atom is -0.444 e. The molecule has 2 fully saturated rings. The number of halogens is 3. The van der Waals surface area contributed by atoms with E-state index in [1.807, 2.05) is 0 Å². The van der Waals surface area contributed by atoms with Gasteiger partial charge in [-0.2, -0.15) is 13.2 Å². The number of alkyl halides is 3. The van der Waals surface area contributed by atoms with E-state index in [4.69, 9.17) is 10.5 Å². The van der Waals surface area contributed by atoms with Gasteiger partial charge in [-0.05, 0) is 33.3 Å². The number of anilines is 1. The molecule has 12 heteroatoms. The molecule has 1 atom stereocenters. The zero-order valence-corrected chi connectivity index (χ0v) is 18.1. The molecule has 2 saturated heterocycles. The summed E-state index contributed by atoms with van der Waals surface area (Å²) in [5.41, 5.74) is 4.10. The molecule has 0 spiro atoms. The lowest BCUT2D eigenvalue weighted by Gasteiger charge is -2.36. The van der Waals surface area contributed by atoms with Crippen molar-refractivity contribution in [2.24, 2.45) is 10.7 Å². The summed E-state index contributed by atoms with van der Waals surface area (Å²) in [5, 5.41) is 9.45. The van der Waals surface area contributed by atoms with E-state index < -0.39 is 29.7 Å². The largest absolute Gasteiger partial charge is 0.444 e. The van der Waals surface area contributed by atoms with Crippen LogP contribution in [0.4, 0.5) is 23.9 Å². The maximum Gasteiger partial charge on any atom is 0.433 e. The van der Waals surface area contributed by atoms with Gasteiger partial charge in [0.25, 0.3) is 0 Å². The van der Waals surface area contributed by atoms with Gasteiger partial charge in [-0.15, -0.1) is 0 Å². The third-order valence-electron chi connectivity index (χ3n) is 4.86. The molecule has 1 amide bonds. The molecule has 0 saturated carbocycles. The molecular weight excluding hydrogens is 429 g/mol. The zero-order valence-electron chi connectivity index (χ0n) is 18.1. The van der Waals surface area contributed by atoms with Gasteiger partial charge < -0.3 is 25.4 Å². The van der Waals surface area contributed by atoms with Gasteiger partial charge in [0, 0.05) is 44.2 Å². The van der Waals surface area contributed by atoms with E-state index in [9.17, 15) is 23.1 Å². The van der Waals surface area contributed by atoms with Crippen molar-refractivity contribution >= 4 is 23.8 Å². The van der Waals surface area contributed by atoms with Crippen LogP contribution < -0.4 is 10.6 Å². The summed E-state index contributed by atoms with van der Waals surface area (Å²) in [6.45, 7) is 6.44. The first-order chi connectivity index (χ1) is 14.9. The standard InChI is InChI=1S/C20H27F3N6O3/c1-19(2,3)32-18(31)28-5-4-13(9-28)25-8-12(7-24)15-6-16(20(21,22)23)27-17(26-15)29-10-14(30)11-29/h6-8,13-14,30H,4-5,9-11,24H2,1-3H3. The number of hydrogen-bond donors (Lipinski definition) is 2. The van der Waals surface area contributed by atoms with Gasteiger partial charge in [0.2, 0.25) is 5.95 Å². The van der Waals surface area contributed by atoms with Crippen LogP contribution in [0.1, 0.15) is 38.6 Å². The molecule has 176 valence electrons. The highest BCUT2D eigenvalue weighted by Crippen LogP contribution is 2.31. The second-order valence-corrected chi connectivity index (χ2v) is 8.76. The van der Waals surface area contributed by atoms with Crippen LogP contribution in [0.2, 0.25) is 0 Å². The molecule has 3 heterocycles. The number of aromatic nitrogens is 2. The van der Waals surface area contributed by atoms with Gasteiger partial charge in [0.1, 0.15) is 5.60 Å². The average Bonchev–Trinajstić information content (AvgIpc) is 3.13. The summed E-state index contributed by atoms with van der Waals surface area (Å²) in [6.07, 6.45) is -2.66. The Bertz CT molecular complexity index is 907. The number of rotatable bonds is 4. The highest BCUT2D eigenvalue weighted by atomic mass is 19.4. The number of nitrogens with zero attached hydrogens (tertiary/aromatic N) is 5. The molecule has 0 radical (unpaired) electrons. The van der Waals surface area contributed by atoms with Crippen LogP contribution in [-0.2, 0) is 10.9 Å². The second kappa shape index (κ2) is 8.93. The highest BCUT2D eigenvalue weighted by Gasteiger charge is 2.36. The third-order valence-corrected chi connectivity index (χ3v) is 4.86. The van der Waals surface area contributed by atoms with Crippen molar-refractivity contribution < 1.29 is 27.8 Å². The van der Waals surface area contributed by atoms with Crippen LogP contribution in [-0.4, -0.2) is 76.2 Å². The summed E-state index contributed by atoms with van der Waals surface area (Å²) >= 11 is 0. The molecule has 0 aliphatic carbocycles. The number of amides is 1. The number of hydrogen-bond acceptors (Lipinski definition) is 8. The van der Waals surface area contributed by atoms with Gasteiger partial charge in [0.15, 0.2) is 5.69 Å². The van der Waals surface area contributed by atoms with Crippen molar-refractivity contribution in [2.45, 2.75) is 51.1 Å². The lowest BCUT2D eigenvalue weighted by atomic mass is 10.1. The molecule has 0 bridgehead atoms. The summed E-state index contributed by atoms with van der Waals surface area (Å²) in [6, 6.07) is 0.568. The van der Waals surface area contributed by atoms with E-state index in [0.717, 1.165) is 12.3 Å². The molecule has 1 aromatic heterocycles. The molecule has 3 rings (SSSR count). The fraction of sp³-hybridized carbons (Fsp3) is 0.600. The first kappa shape index (κ1) is 23.8. The minimum atomic E-state index is -4.67. The lowest BCUT2D eigenvalue weighted by molar-refractivity contribution is -0.141. The number of aliphatic imine (C=N–C) groups is 1. The van der Waals surface area contributed by atoms with Gasteiger partial charge in [0.05, 0.1) is 17.8 Å². The summed E-state index contributed by atoms with van der Waals surface area (Å²) < 4.78 is 45.4. The van der Waals surface area contributed by atoms with Crippen molar-refractivity contribution in [1.29, 1.82) is 0 Å². The molecule has 1 aromatic rings. The van der Waals surface area contributed by atoms with Gasteiger partial charge in [-0.25, -0.2) is 14.8 Å². The summed E-state index contributed by atoms with van der Waals surface area (Å²) in [7, 11) is 0. The number of ether oxygens (including phenoxy) is 1. The molecule has 3 N–H and O–H groups in total. The van der Waals surface area contributed by atoms with Crippen LogP contribution in [0.3, 0.4) is 0 Å². The van der Waals surface area contributed by atoms with E-state index in [0.29, 0.717) is 19.5 Å². The maximum atomic E-state index is 13.4. The number of aliphatic hydroxyl groups excluding tert-OH is 1. The van der Waals surface area contributed by atoms with Crippen molar-refractivity contribution in [1.82, 2.24) is 14.9 Å². The monoisotopic (exact) mass is 456 g/mol. The smallest absolute Gasteiger partial charge is 0.433 e. The number of likely N-dealkylation sites (tertiary alicyclic amines) is 1. The van der Waals surface area contributed by atoms with E-state index in [1.54, 1.807) is 25.7 Å². The number of nitrogens with two attached hydrogens (primary N) is 1. The third kappa shape index (κ3) is 5.87. The Balaban J connectivity index is 1.75. The van der Waals surface area contributed by atoms with Gasteiger partial charge in [-0.3, -0.25) is 4.99 Å². The Morgan fingerprint density at radius 3 is 2.53 bits per heavy atom. The molecule has 9 nitrogen and oxygen atoms in total. The van der Waals surface area contributed by atoms with Crippen molar-refractivity contribution in [3.05, 3.63) is 23.7 Å². The van der Waals surface area contributed by atoms with Gasteiger partial charge >= 0.3 is 12.3 Å². The number of carbonyl (C=O) groups excluding carboxylic acids is 1. The lowest BCUT2D eigenvalue weighted by Crippen LogP contribution is -2.51. The quantitative estimate of drug-likeness (QED) is 0.666. The zero-order chi connectivity index (χ0) is 23.7. The van der Waals surface area contributed by atoms with Crippen LogP contribution in [0.15, 0.2) is 17.3 Å². The van der Waals surface area contributed by atoms with Crippen LogP contribution in [0, 0.1) is 0 Å². The fourth-order valence-corrected chi connectivity index (χ4v) is 3.22. The van der Waals surface area contributed by atoms with E-state index in [2.05, 4.69) is 15.0 Å². The SMILES string of the molecule is CC(C)(C)OC(=O)N1CCC(N=CC(=CN)c2cc(C(F)(F)F)nc(N3CC(O)C3)n2)C1. The highest BCUT2D eigenvalue weighted by molar-refractivity contribution is 6.09. The first-order valence-corrected chi connectivity index (χ1v) is 10.2. The van der Waals surface area contributed by atoms with Crippen LogP contribution in [0.25, 0.3) is 5.57 Å². The maximum absolute atomic E-state index is 13.4. The predicted octanol–water partition coefficient (Wildman–Crippen LogP) is 2.06. The molecule has 2 aliphatic heterocycles. The Kier molecular flexibility index (Phi) is 6.63. The Labute approximate surface area is 183 Å². The number of β-amino-alcohol motifs (C(OH)–C–C–N with tert-alkyl or cyclic N) is 1. The second-order valence-electron chi connectivity index (χ2n) is 8.76. The fourth-order valence-electron chi connectivity index (χ4n) is 3.22. The topological polar surface area (TPSA) is 117 Å². The molecule has 32 heavy (non-hydrogen) atoms. The van der Waals surface area contributed by atoms with Crippen molar-refractivity contribution in [3.63, 3.8) is 0 Å². The Morgan fingerprint density at radius 1 is 1.28 bits per heavy atom. The van der Waals surface area contributed by atoms with Crippen molar-refractivity contribution in [3.8, 4) is 0 Å². The Morgan fingerprint density at radius 2 is 1.97 bits per heavy atom. The number of carbonyl (C=O) groups is 1. The minimum absolute atomic E-state index is 0.0306. The van der Waals surface area contributed by atoms with Gasteiger partial charge in [-0.1, -0.05) is 0 Å². The molecule has 1 unspecified atom stereocenters. The predicted molar refractivity (Wildman–Crippen MR) is 112 cm³/mol. The van der Waals surface area contributed by atoms with Crippen LogP contribution >= 0.6 is 0 Å². The number of allylic oxidation sites excluding steroid dienone is 1. The Hall–Kier alpha value is -2.89. The van der Waals surface area contributed by atoms with E-state index >= 15 is 0 Å². The first-order valence-electron chi connectivity index (χ1n) is 10.2. The molecular formula is C20H27F3N6O3.